The van der Waals surface area contributed by atoms with Crippen LogP contribution >= 0.6 is 0 Å². The van der Waals surface area contributed by atoms with E-state index in [1.54, 1.807) is 24.9 Å². The van der Waals surface area contributed by atoms with Crippen molar-refractivity contribution in [3.05, 3.63) is 17.7 Å². The molecule has 0 aromatic carbocycles. The third-order valence-corrected chi connectivity index (χ3v) is 3.00. The molecule has 6 heteroatoms. The summed E-state index contributed by atoms with van der Waals surface area (Å²) < 4.78 is 1.64. The highest BCUT2D eigenvalue weighted by molar-refractivity contribution is 5.94. The molecule has 2 N–H and O–H groups in total. The molecule has 1 aromatic heterocycles. The maximum Gasteiger partial charge on any atom is 0.305 e. The van der Waals surface area contributed by atoms with Crippen molar-refractivity contribution in [3.63, 3.8) is 0 Å². The number of aromatic nitrogens is 2. The summed E-state index contributed by atoms with van der Waals surface area (Å²) >= 11 is 0. The topological polar surface area (TPSA) is 84.2 Å². The van der Waals surface area contributed by atoms with Crippen molar-refractivity contribution >= 4 is 11.9 Å². The molecule has 0 radical (unpaired) electrons. The molecular weight excluding hydrogens is 246 g/mol. The van der Waals surface area contributed by atoms with Crippen molar-refractivity contribution in [1.82, 2.24) is 14.9 Å². The highest BCUT2D eigenvalue weighted by Crippen LogP contribution is 2.09. The number of imidazole rings is 1. The molecule has 0 spiro atoms. The fourth-order valence-electron chi connectivity index (χ4n) is 2.01. The van der Waals surface area contributed by atoms with Gasteiger partial charge >= 0.3 is 5.97 Å². The zero-order valence-corrected chi connectivity index (χ0v) is 11.6. The Morgan fingerprint density at radius 2 is 2.21 bits per heavy atom. The van der Waals surface area contributed by atoms with E-state index in [4.69, 9.17) is 5.11 Å². The van der Waals surface area contributed by atoms with E-state index < -0.39 is 5.97 Å². The number of amides is 1. The second-order valence-corrected chi connectivity index (χ2v) is 4.70. The Bertz CT molecular complexity index is 434. The van der Waals surface area contributed by atoms with Gasteiger partial charge in [-0.1, -0.05) is 19.8 Å². The minimum absolute atomic E-state index is 0.0529. The quantitative estimate of drug-likeness (QED) is 0.784. The van der Waals surface area contributed by atoms with Crippen molar-refractivity contribution in [3.8, 4) is 0 Å². The molecule has 106 valence electrons. The van der Waals surface area contributed by atoms with Crippen LogP contribution in [0.25, 0.3) is 0 Å². The van der Waals surface area contributed by atoms with Crippen molar-refractivity contribution in [2.75, 3.05) is 0 Å². The Morgan fingerprint density at radius 1 is 1.53 bits per heavy atom. The van der Waals surface area contributed by atoms with Gasteiger partial charge in [0.2, 0.25) is 0 Å². The van der Waals surface area contributed by atoms with E-state index in [0.29, 0.717) is 17.8 Å². The molecule has 0 bridgehead atoms. The van der Waals surface area contributed by atoms with Crippen molar-refractivity contribution < 1.29 is 14.7 Å². The van der Waals surface area contributed by atoms with Crippen LogP contribution < -0.4 is 5.32 Å². The van der Waals surface area contributed by atoms with Crippen molar-refractivity contribution in [1.29, 1.82) is 0 Å². The maximum atomic E-state index is 12.1. The lowest BCUT2D eigenvalue weighted by Crippen LogP contribution is -2.37. The lowest BCUT2D eigenvalue weighted by atomic mass is 10.1. The lowest BCUT2D eigenvalue weighted by molar-refractivity contribution is -0.137. The van der Waals surface area contributed by atoms with E-state index in [9.17, 15) is 9.59 Å². The average Bonchev–Trinajstić information content (AvgIpc) is 2.65. The van der Waals surface area contributed by atoms with Crippen LogP contribution in [0.1, 0.15) is 48.8 Å². The van der Waals surface area contributed by atoms with Crippen LogP contribution in [-0.4, -0.2) is 32.6 Å². The van der Waals surface area contributed by atoms with Gasteiger partial charge in [-0.15, -0.1) is 0 Å². The molecule has 0 saturated heterocycles. The Hall–Kier alpha value is -1.85. The third kappa shape index (κ3) is 4.39. The monoisotopic (exact) mass is 267 g/mol. The molecule has 1 heterocycles. The predicted octanol–water partition coefficient (Wildman–Crippen LogP) is 1.49. The zero-order chi connectivity index (χ0) is 14.4. The first-order chi connectivity index (χ1) is 8.95. The Balaban J connectivity index is 2.72. The number of aryl methyl sites for hydroxylation is 2. The summed E-state index contributed by atoms with van der Waals surface area (Å²) in [7, 11) is 1.74. The van der Waals surface area contributed by atoms with Gasteiger partial charge in [-0.05, 0) is 13.3 Å². The molecule has 6 nitrogen and oxygen atoms in total. The number of carbonyl (C=O) groups is 2. The number of carboxylic acid groups (broad SMARTS) is 1. The number of aliphatic carboxylic acids is 1. The molecule has 1 aromatic rings. The minimum atomic E-state index is -0.900. The van der Waals surface area contributed by atoms with Crippen LogP contribution in [0, 0.1) is 6.92 Å². The second kappa shape index (κ2) is 6.92. The smallest absolute Gasteiger partial charge is 0.305 e. The van der Waals surface area contributed by atoms with Gasteiger partial charge in [0.1, 0.15) is 5.69 Å². The van der Waals surface area contributed by atoms with Crippen LogP contribution in [0.5, 0.6) is 0 Å². The summed E-state index contributed by atoms with van der Waals surface area (Å²) in [5, 5.41) is 11.7. The van der Waals surface area contributed by atoms with E-state index in [1.807, 2.05) is 6.92 Å². The maximum absolute atomic E-state index is 12.1. The van der Waals surface area contributed by atoms with Crippen molar-refractivity contribution in [2.24, 2.45) is 7.05 Å². The molecule has 0 aliphatic rings. The lowest BCUT2D eigenvalue weighted by Gasteiger charge is -2.17. The number of hydrogen-bond donors (Lipinski definition) is 2. The molecular formula is C13H21N3O3. The minimum Gasteiger partial charge on any atom is -0.481 e. The Morgan fingerprint density at radius 3 is 2.68 bits per heavy atom. The molecule has 0 aliphatic heterocycles. The fourth-order valence-corrected chi connectivity index (χ4v) is 2.01. The van der Waals surface area contributed by atoms with E-state index >= 15 is 0 Å². The van der Waals surface area contributed by atoms with Gasteiger partial charge in [0, 0.05) is 13.1 Å². The first-order valence-electron chi connectivity index (χ1n) is 6.46. The van der Waals surface area contributed by atoms with Gasteiger partial charge in [0.15, 0.2) is 0 Å². The van der Waals surface area contributed by atoms with Crippen LogP contribution in [0.3, 0.4) is 0 Å². The molecule has 1 amide bonds. The number of nitrogens with one attached hydrogen (secondary N) is 1. The fraction of sp³-hybridized carbons (Fsp3) is 0.615. The number of carbonyl (C=O) groups excluding carboxylic acids is 1. The zero-order valence-electron chi connectivity index (χ0n) is 11.6. The van der Waals surface area contributed by atoms with E-state index in [-0.39, 0.29) is 18.4 Å². The van der Waals surface area contributed by atoms with Gasteiger partial charge in [0.25, 0.3) is 5.91 Å². The number of unbranched alkanes of at least 4 members (excludes halogenated alkanes) is 1. The molecule has 1 rings (SSSR count). The molecule has 19 heavy (non-hydrogen) atoms. The third-order valence-electron chi connectivity index (χ3n) is 3.00. The van der Waals surface area contributed by atoms with Crippen LogP contribution in [0.4, 0.5) is 0 Å². The highest BCUT2D eigenvalue weighted by Gasteiger charge is 2.20. The van der Waals surface area contributed by atoms with E-state index in [0.717, 1.165) is 12.8 Å². The first-order valence-corrected chi connectivity index (χ1v) is 6.46. The van der Waals surface area contributed by atoms with Crippen LogP contribution in [0.2, 0.25) is 0 Å². The van der Waals surface area contributed by atoms with Gasteiger partial charge < -0.3 is 15.0 Å². The number of carboxylic acids is 1. The van der Waals surface area contributed by atoms with E-state index in [2.05, 4.69) is 10.3 Å². The SMILES string of the molecule is CCCC[C@H](CC(=O)O)NC(=O)c1c(C)ncn1C. The normalized spacial score (nSPS) is 12.2. The largest absolute Gasteiger partial charge is 0.481 e. The van der Waals surface area contributed by atoms with Crippen LogP contribution in [0.15, 0.2) is 6.33 Å². The van der Waals surface area contributed by atoms with Crippen LogP contribution in [-0.2, 0) is 11.8 Å². The molecule has 0 saturated carbocycles. The molecule has 0 unspecified atom stereocenters. The summed E-state index contributed by atoms with van der Waals surface area (Å²) in [6.07, 6.45) is 4.05. The standard InChI is InChI=1S/C13H21N3O3/c1-4-5-6-10(7-11(17)18)15-13(19)12-9(2)14-8-16(12)3/h8,10H,4-7H2,1-3H3,(H,15,19)(H,17,18)/t10-/m1/s1. The Labute approximate surface area is 112 Å². The predicted molar refractivity (Wildman–Crippen MR) is 71.0 cm³/mol. The van der Waals surface area contributed by atoms with Gasteiger partial charge in [-0.25, -0.2) is 4.98 Å². The van der Waals surface area contributed by atoms with Crippen molar-refractivity contribution in [2.45, 2.75) is 45.6 Å². The highest BCUT2D eigenvalue weighted by atomic mass is 16.4. The first kappa shape index (κ1) is 15.2. The van der Waals surface area contributed by atoms with Gasteiger partial charge in [0.05, 0.1) is 18.4 Å². The summed E-state index contributed by atoms with van der Waals surface area (Å²) in [5.41, 5.74) is 1.12. The molecule has 1 atom stereocenters. The number of rotatable bonds is 7. The van der Waals surface area contributed by atoms with E-state index in [1.165, 1.54) is 0 Å². The molecule has 0 fully saturated rings. The summed E-state index contributed by atoms with van der Waals surface area (Å²) in [5.74, 6) is -1.16. The molecule has 0 aliphatic carbocycles. The second-order valence-electron chi connectivity index (χ2n) is 4.70. The summed E-state index contributed by atoms with van der Waals surface area (Å²) in [6.45, 7) is 3.79. The number of hydrogen-bond acceptors (Lipinski definition) is 3. The van der Waals surface area contributed by atoms with Gasteiger partial charge in [-0.2, -0.15) is 0 Å². The summed E-state index contributed by atoms with van der Waals surface area (Å²) in [6, 6.07) is -0.334. The Kier molecular flexibility index (Phi) is 5.54. The van der Waals surface area contributed by atoms with Gasteiger partial charge in [-0.3, -0.25) is 9.59 Å². The summed E-state index contributed by atoms with van der Waals surface area (Å²) in [4.78, 5) is 27.0. The number of nitrogens with zero attached hydrogens (tertiary/aromatic N) is 2. The average molecular weight is 267 g/mol.